The van der Waals surface area contributed by atoms with Crippen LogP contribution in [0.1, 0.15) is 6.92 Å². The van der Waals surface area contributed by atoms with Gasteiger partial charge in [-0.1, -0.05) is 17.5 Å². The summed E-state index contributed by atoms with van der Waals surface area (Å²) in [6.07, 6.45) is 4.48. The minimum Gasteiger partial charge on any atom is -0.457 e. The molecular formula is C9H7ClN2O3. The van der Waals surface area contributed by atoms with Crippen molar-refractivity contribution in [1.82, 2.24) is 4.98 Å². The summed E-state index contributed by atoms with van der Waals surface area (Å²) in [5.41, 5.74) is -0.262. The second-order valence-corrected chi connectivity index (χ2v) is 3.03. The number of nitrogens with zero attached hydrogens (tertiary/aromatic N) is 2. The van der Waals surface area contributed by atoms with Crippen molar-refractivity contribution in [2.45, 2.75) is 13.0 Å². The molecule has 0 spiro atoms. The first-order valence-electron chi connectivity index (χ1n) is 3.98. The first-order valence-corrected chi connectivity index (χ1v) is 4.36. The minimum atomic E-state index is -0.609. The van der Waals surface area contributed by atoms with Crippen molar-refractivity contribution in [2.75, 3.05) is 0 Å². The molecule has 0 aliphatic carbocycles. The van der Waals surface area contributed by atoms with Gasteiger partial charge in [-0.05, 0) is 13.0 Å². The lowest BCUT2D eigenvalue weighted by Gasteiger charge is -2.07. The minimum absolute atomic E-state index is 0.111. The normalized spacial score (nSPS) is 11.5. The van der Waals surface area contributed by atoms with Crippen molar-refractivity contribution in [1.29, 1.82) is 0 Å². The van der Waals surface area contributed by atoms with E-state index in [1.807, 2.05) is 0 Å². The van der Waals surface area contributed by atoms with Crippen LogP contribution in [0, 0.1) is 22.5 Å². The molecule has 6 heteroatoms. The first-order chi connectivity index (χ1) is 7.04. The average molecular weight is 227 g/mol. The summed E-state index contributed by atoms with van der Waals surface area (Å²) in [5.74, 6) is 2.10. The van der Waals surface area contributed by atoms with Crippen molar-refractivity contribution in [3.05, 3.63) is 27.4 Å². The van der Waals surface area contributed by atoms with Gasteiger partial charge in [-0.15, -0.1) is 6.42 Å². The number of aromatic nitrogens is 1. The van der Waals surface area contributed by atoms with E-state index in [0.717, 1.165) is 0 Å². The van der Waals surface area contributed by atoms with Crippen LogP contribution in [0.25, 0.3) is 0 Å². The number of hydrogen-bond acceptors (Lipinski definition) is 4. The monoisotopic (exact) mass is 226 g/mol. The van der Waals surface area contributed by atoms with E-state index in [0.29, 0.717) is 0 Å². The second-order valence-electron chi connectivity index (χ2n) is 2.64. The average Bonchev–Trinajstić information content (AvgIpc) is 2.17. The molecule has 78 valence electrons. The van der Waals surface area contributed by atoms with Crippen LogP contribution in [0.3, 0.4) is 0 Å². The van der Waals surface area contributed by atoms with Crippen LogP contribution < -0.4 is 4.74 Å². The number of halogens is 1. The third kappa shape index (κ3) is 2.82. The summed E-state index contributed by atoms with van der Waals surface area (Å²) in [7, 11) is 0. The zero-order valence-corrected chi connectivity index (χ0v) is 8.56. The fourth-order valence-electron chi connectivity index (χ4n) is 0.838. The predicted molar refractivity (Wildman–Crippen MR) is 54.8 cm³/mol. The number of rotatable bonds is 3. The van der Waals surface area contributed by atoms with Gasteiger partial charge >= 0.3 is 5.69 Å². The Kier molecular flexibility index (Phi) is 3.47. The predicted octanol–water partition coefficient (Wildman–Crippen LogP) is 2.04. The molecule has 15 heavy (non-hydrogen) atoms. The molecule has 1 aromatic rings. The van der Waals surface area contributed by atoms with Gasteiger partial charge in [-0.3, -0.25) is 10.1 Å². The summed E-state index contributed by atoms with van der Waals surface area (Å²) in [6, 6.07) is 2.53. The number of ether oxygens (including phenoxy) is 1. The summed E-state index contributed by atoms with van der Waals surface area (Å²) in [4.78, 5) is 13.7. The third-order valence-corrected chi connectivity index (χ3v) is 1.74. The summed E-state index contributed by atoms with van der Waals surface area (Å²) < 4.78 is 5.06. The van der Waals surface area contributed by atoms with Gasteiger partial charge in [0.05, 0.1) is 4.92 Å². The van der Waals surface area contributed by atoms with Gasteiger partial charge in [-0.2, -0.15) is 4.98 Å². The third-order valence-electron chi connectivity index (χ3n) is 1.53. The number of nitro groups is 1. The van der Waals surface area contributed by atoms with E-state index in [4.69, 9.17) is 22.8 Å². The van der Waals surface area contributed by atoms with Gasteiger partial charge in [0, 0.05) is 6.07 Å². The highest BCUT2D eigenvalue weighted by molar-refractivity contribution is 6.29. The van der Waals surface area contributed by atoms with Gasteiger partial charge < -0.3 is 4.74 Å². The second kappa shape index (κ2) is 4.62. The molecular weight excluding hydrogens is 220 g/mol. The van der Waals surface area contributed by atoms with E-state index in [1.54, 1.807) is 6.92 Å². The van der Waals surface area contributed by atoms with E-state index in [9.17, 15) is 10.1 Å². The van der Waals surface area contributed by atoms with Crippen molar-refractivity contribution in [3.8, 4) is 18.2 Å². The van der Waals surface area contributed by atoms with Gasteiger partial charge in [-0.25, -0.2) is 0 Å². The maximum atomic E-state index is 10.6. The Hall–Kier alpha value is -1.80. The molecule has 1 aromatic heterocycles. The van der Waals surface area contributed by atoms with Crippen molar-refractivity contribution < 1.29 is 9.66 Å². The zero-order chi connectivity index (χ0) is 11.4. The Balaban J connectivity index is 3.08. The molecule has 0 aliphatic rings. The van der Waals surface area contributed by atoms with Crippen LogP contribution in [0.15, 0.2) is 12.1 Å². The molecule has 0 fully saturated rings. The summed E-state index contributed by atoms with van der Waals surface area (Å²) in [5, 5.41) is 10.7. The Morgan fingerprint density at radius 1 is 1.73 bits per heavy atom. The van der Waals surface area contributed by atoms with Crippen LogP contribution in [0.5, 0.6) is 5.88 Å². The Labute approximate surface area is 91.2 Å². The molecule has 1 rings (SSSR count). The SMILES string of the molecule is C#CC(C)Oc1nc(Cl)ccc1[N+](=O)[O-]. The Morgan fingerprint density at radius 3 is 2.93 bits per heavy atom. The van der Waals surface area contributed by atoms with E-state index in [1.165, 1.54) is 12.1 Å². The van der Waals surface area contributed by atoms with E-state index >= 15 is 0 Å². The van der Waals surface area contributed by atoms with Crippen LogP contribution in [-0.2, 0) is 0 Å². The highest BCUT2D eigenvalue weighted by atomic mass is 35.5. The fraction of sp³-hybridized carbons (Fsp3) is 0.222. The van der Waals surface area contributed by atoms with Crippen molar-refractivity contribution >= 4 is 17.3 Å². The Morgan fingerprint density at radius 2 is 2.40 bits per heavy atom. The zero-order valence-electron chi connectivity index (χ0n) is 7.81. The summed E-state index contributed by atoms with van der Waals surface area (Å²) in [6.45, 7) is 1.58. The van der Waals surface area contributed by atoms with Crippen LogP contribution in [0.2, 0.25) is 5.15 Å². The molecule has 1 unspecified atom stereocenters. The Bertz CT molecular complexity index is 428. The maximum Gasteiger partial charge on any atom is 0.331 e. The number of terminal acetylenes is 1. The first kappa shape index (κ1) is 11.3. The maximum absolute atomic E-state index is 10.6. The summed E-state index contributed by atoms with van der Waals surface area (Å²) >= 11 is 5.58. The van der Waals surface area contributed by atoms with Crippen LogP contribution in [0.4, 0.5) is 5.69 Å². The van der Waals surface area contributed by atoms with Crippen molar-refractivity contribution in [3.63, 3.8) is 0 Å². The molecule has 1 heterocycles. The highest BCUT2D eigenvalue weighted by Gasteiger charge is 2.18. The topological polar surface area (TPSA) is 65.3 Å². The molecule has 0 saturated heterocycles. The van der Waals surface area contributed by atoms with Crippen molar-refractivity contribution in [2.24, 2.45) is 0 Å². The molecule has 1 atom stereocenters. The highest BCUT2D eigenvalue weighted by Crippen LogP contribution is 2.26. The lowest BCUT2D eigenvalue weighted by atomic mass is 10.4. The van der Waals surface area contributed by atoms with Gasteiger partial charge in [0.1, 0.15) is 5.15 Å². The number of pyridine rings is 1. The molecule has 0 aromatic carbocycles. The largest absolute Gasteiger partial charge is 0.457 e. The molecule has 5 nitrogen and oxygen atoms in total. The standard InChI is InChI=1S/C9H7ClN2O3/c1-3-6(2)15-9-7(12(13)14)4-5-8(10)11-9/h1,4-6H,2H3. The van der Waals surface area contributed by atoms with Crippen LogP contribution >= 0.6 is 11.6 Å². The molecule has 0 N–H and O–H groups in total. The quantitative estimate of drug-likeness (QED) is 0.342. The fourth-order valence-corrected chi connectivity index (χ4v) is 0.977. The molecule has 0 amide bonds. The van der Waals surface area contributed by atoms with E-state index in [-0.39, 0.29) is 16.7 Å². The number of hydrogen-bond donors (Lipinski definition) is 0. The smallest absolute Gasteiger partial charge is 0.331 e. The lowest BCUT2D eigenvalue weighted by Crippen LogP contribution is -2.10. The molecule has 0 bridgehead atoms. The lowest BCUT2D eigenvalue weighted by molar-refractivity contribution is -0.386. The van der Waals surface area contributed by atoms with Gasteiger partial charge in [0.2, 0.25) is 0 Å². The van der Waals surface area contributed by atoms with Gasteiger partial charge in [0.25, 0.3) is 5.88 Å². The van der Waals surface area contributed by atoms with Crippen LogP contribution in [-0.4, -0.2) is 16.0 Å². The van der Waals surface area contributed by atoms with E-state index < -0.39 is 11.0 Å². The van der Waals surface area contributed by atoms with E-state index in [2.05, 4.69) is 10.9 Å². The van der Waals surface area contributed by atoms with Gasteiger partial charge in [0.15, 0.2) is 6.10 Å². The molecule has 0 aliphatic heterocycles. The molecule has 0 radical (unpaired) electrons. The molecule has 0 saturated carbocycles.